The van der Waals surface area contributed by atoms with Gasteiger partial charge in [0.15, 0.2) is 5.71 Å². The first-order valence-electron chi connectivity index (χ1n) is 4.19. The van der Waals surface area contributed by atoms with E-state index in [-0.39, 0.29) is 4.90 Å². The van der Waals surface area contributed by atoms with Gasteiger partial charge >= 0.3 is 12.1 Å². The summed E-state index contributed by atoms with van der Waals surface area (Å²) in [5, 5.41) is 27.2. The van der Waals surface area contributed by atoms with Gasteiger partial charge in [0.2, 0.25) is 5.96 Å². The van der Waals surface area contributed by atoms with Crippen molar-refractivity contribution in [3.05, 3.63) is 0 Å². The summed E-state index contributed by atoms with van der Waals surface area (Å²) in [5.41, 5.74) is -3.09. The number of aliphatic imine (C=N–C) groups is 2. The van der Waals surface area contributed by atoms with E-state index in [2.05, 4.69) is 9.98 Å². The maximum absolute atomic E-state index is 11.4. The van der Waals surface area contributed by atoms with Gasteiger partial charge in [-0.3, -0.25) is 15.5 Å². The van der Waals surface area contributed by atoms with Crippen LogP contribution in [0.4, 0.5) is 4.79 Å². The van der Waals surface area contributed by atoms with Crippen LogP contribution in [0.3, 0.4) is 0 Å². The second-order valence-corrected chi connectivity index (χ2v) is 3.12. The Balaban J connectivity index is 2.67. The van der Waals surface area contributed by atoms with Gasteiger partial charge in [0.25, 0.3) is 11.6 Å². The first-order chi connectivity index (χ1) is 7.91. The van der Waals surface area contributed by atoms with Gasteiger partial charge in [-0.05, 0) is 0 Å². The van der Waals surface area contributed by atoms with Crippen molar-refractivity contribution in [1.29, 1.82) is 5.41 Å². The molecule has 0 aromatic heterocycles. The zero-order valence-corrected chi connectivity index (χ0v) is 8.04. The van der Waals surface area contributed by atoms with Crippen LogP contribution in [0.15, 0.2) is 9.98 Å². The predicted octanol–water partition coefficient (Wildman–Crippen LogP) is -1.71. The first kappa shape index (κ1) is 10.7. The summed E-state index contributed by atoms with van der Waals surface area (Å²) in [5.74, 6) is -3.55. The summed E-state index contributed by atoms with van der Waals surface area (Å²) in [4.78, 5) is 40.5. The molecule has 2 amide bonds. The number of nitrogens with zero attached hydrogens (tertiary/aromatic N) is 3. The molecule has 2 rings (SSSR count). The zero-order valence-electron chi connectivity index (χ0n) is 8.04. The summed E-state index contributed by atoms with van der Waals surface area (Å²) < 4.78 is 0. The average molecular weight is 239 g/mol. The Morgan fingerprint density at radius 1 is 1.47 bits per heavy atom. The van der Waals surface area contributed by atoms with Crippen molar-refractivity contribution < 1.29 is 24.6 Å². The lowest BCUT2D eigenvalue weighted by atomic mass is 10.0. The second kappa shape index (κ2) is 3.10. The number of amides is 2. The normalized spacial score (nSPS) is 26.4. The van der Waals surface area contributed by atoms with Gasteiger partial charge in [0.1, 0.15) is 6.34 Å². The summed E-state index contributed by atoms with van der Waals surface area (Å²) in [7, 11) is 0. The SMILES string of the molecule is N=C1NC(=O)C2=NC=NC2(C(=O)O)N1C(=O)O. The van der Waals surface area contributed by atoms with Gasteiger partial charge in [-0.2, -0.15) is 0 Å². The molecule has 0 aromatic rings. The molecule has 0 aliphatic carbocycles. The molecule has 1 atom stereocenters. The molecule has 0 saturated carbocycles. The molecule has 1 unspecified atom stereocenters. The van der Waals surface area contributed by atoms with Crippen molar-refractivity contribution in [3.63, 3.8) is 0 Å². The van der Waals surface area contributed by atoms with Crippen LogP contribution in [0.25, 0.3) is 0 Å². The number of carboxylic acids is 1. The van der Waals surface area contributed by atoms with Crippen molar-refractivity contribution in [1.82, 2.24) is 10.2 Å². The molecule has 0 radical (unpaired) electrons. The number of carbonyl (C=O) groups excluding carboxylic acids is 1. The van der Waals surface area contributed by atoms with E-state index in [4.69, 9.17) is 15.6 Å². The molecule has 88 valence electrons. The third-order valence-electron chi connectivity index (χ3n) is 2.25. The highest BCUT2D eigenvalue weighted by Gasteiger charge is 2.60. The molecular weight excluding hydrogens is 234 g/mol. The fourth-order valence-corrected chi connectivity index (χ4v) is 1.57. The molecule has 17 heavy (non-hydrogen) atoms. The highest BCUT2D eigenvalue weighted by molar-refractivity contribution is 6.52. The van der Waals surface area contributed by atoms with Crippen molar-refractivity contribution in [2.75, 3.05) is 0 Å². The predicted molar refractivity (Wildman–Crippen MR) is 52.0 cm³/mol. The van der Waals surface area contributed by atoms with E-state index in [1.807, 2.05) is 5.32 Å². The molecule has 1 fully saturated rings. The highest BCUT2D eigenvalue weighted by Crippen LogP contribution is 2.27. The quantitative estimate of drug-likeness (QED) is 0.428. The molecule has 0 bridgehead atoms. The third kappa shape index (κ3) is 1.14. The molecule has 0 spiro atoms. The molecule has 2 aliphatic heterocycles. The number of guanidine groups is 1. The van der Waals surface area contributed by atoms with Crippen LogP contribution >= 0.6 is 0 Å². The number of fused-ring (bicyclic) bond motifs is 1. The van der Waals surface area contributed by atoms with Gasteiger partial charge in [-0.25, -0.2) is 24.5 Å². The number of rotatable bonds is 1. The Morgan fingerprint density at radius 3 is 2.65 bits per heavy atom. The van der Waals surface area contributed by atoms with Crippen LogP contribution in [0.2, 0.25) is 0 Å². The minimum Gasteiger partial charge on any atom is -0.478 e. The van der Waals surface area contributed by atoms with Crippen LogP contribution < -0.4 is 5.32 Å². The van der Waals surface area contributed by atoms with E-state index >= 15 is 0 Å². The maximum Gasteiger partial charge on any atom is 0.417 e. The van der Waals surface area contributed by atoms with E-state index in [9.17, 15) is 14.4 Å². The van der Waals surface area contributed by atoms with E-state index in [0.717, 1.165) is 6.34 Å². The standard InChI is InChI=1S/C7H5N5O5/c8-5-11-3(13)2-7(4(14)15,10-1-9-2)12(5)6(16)17/h1H,(H,14,15)(H,16,17)(H2,8,11,13). The van der Waals surface area contributed by atoms with Crippen molar-refractivity contribution >= 4 is 36.0 Å². The van der Waals surface area contributed by atoms with Gasteiger partial charge in [0.05, 0.1) is 0 Å². The van der Waals surface area contributed by atoms with Crippen molar-refractivity contribution in [2.45, 2.75) is 5.66 Å². The molecule has 1 saturated heterocycles. The largest absolute Gasteiger partial charge is 0.478 e. The highest BCUT2D eigenvalue weighted by atomic mass is 16.4. The molecule has 10 nitrogen and oxygen atoms in total. The van der Waals surface area contributed by atoms with E-state index in [1.54, 1.807) is 0 Å². The Morgan fingerprint density at radius 2 is 2.12 bits per heavy atom. The van der Waals surface area contributed by atoms with Gasteiger partial charge in [0, 0.05) is 0 Å². The fourth-order valence-electron chi connectivity index (χ4n) is 1.57. The summed E-state index contributed by atoms with van der Waals surface area (Å²) in [6.07, 6.45) is -0.957. The summed E-state index contributed by atoms with van der Waals surface area (Å²) >= 11 is 0. The van der Waals surface area contributed by atoms with E-state index in [0.29, 0.717) is 0 Å². The lowest BCUT2D eigenvalue weighted by Crippen LogP contribution is -2.71. The van der Waals surface area contributed by atoms with Gasteiger partial charge in [-0.15, -0.1) is 0 Å². The number of hydrogen-bond acceptors (Lipinski definition) is 6. The number of nitrogens with one attached hydrogen (secondary N) is 2. The zero-order chi connectivity index (χ0) is 12.8. The van der Waals surface area contributed by atoms with Crippen LogP contribution in [-0.4, -0.2) is 56.8 Å². The molecule has 2 heterocycles. The minimum absolute atomic E-state index is 0.124. The van der Waals surface area contributed by atoms with Crippen LogP contribution in [-0.2, 0) is 9.59 Å². The van der Waals surface area contributed by atoms with Crippen LogP contribution in [0, 0.1) is 5.41 Å². The van der Waals surface area contributed by atoms with E-state index in [1.165, 1.54) is 0 Å². The third-order valence-corrected chi connectivity index (χ3v) is 2.25. The first-order valence-corrected chi connectivity index (χ1v) is 4.19. The monoisotopic (exact) mass is 239 g/mol. The number of carbonyl (C=O) groups is 3. The Hall–Kier alpha value is -2.78. The number of carboxylic acid groups (broad SMARTS) is 2. The Labute approximate surface area is 92.8 Å². The topological polar surface area (TPSA) is 156 Å². The summed E-state index contributed by atoms with van der Waals surface area (Å²) in [6, 6.07) is 0. The summed E-state index contributed by atoms with van der Waals surface area (Å²) in [6.45, 7) is 0. The van der Waals surface area contributed by atoms with Crippen LogP contribution in [0.5, 0.6) is 0 Å². The Bertz CT molecular complexity index is 523. The van der Waals surface area contributed by atoms with Crippen molar-refractivity contribution in [2.24, 2.45) is 9.98 Å². The van der Waals surface area contributed by atoms with Crippen LogP contribution in [0.1, 0.15) is 0 Å². The molecule has 0 aromatic carbocycles. The van der Waals surface area contributed by atoms with Gasteiger partial charge < -0.3 is 10.2 Å². The minimum atomic E-state index is -2.49. The number of hydrogen-bond donors (Lipinski definition) is 4. The number of aliphatic carboxylic acids is 1. The lowest BCUT2D eigenvalue weighted by molar-refractivity contribution is -0.145. The van der Waals surface area contributed by atoms with Crippen molar-refractivity contribution in [3.8, 4) is 0 Å². The molecule has 10 heteroatoms. The fraction of sp³-hybridized carbons (Fsp3) is 0.143. The maximum atomic E-state index is 11.4. The molecular formula is C7H5N5O5. The smallest absolute Gasteiger partial charge is 0.417 e. The van der Waals surface area contributed by atoms with E-state index < -0.39 is 35.3 Å². The second-order valence-electron chi connectivity index (χ2n) is 3.12. The Kier molecular flexibility index (Phi) is 1.96. The molecule has 4 N–H and O–H groups in total. The average Bonchev–Trinajstić information content (AvgIpc) is 2.62. The van der Waals surface area contributed by atoms with Gasteiger partial charge in [-0.1, -0.05) is 0 Å². The molecule has 2 aliphatic rings. The lowest BCUT2D eigenvalue weighted by Gasteiger charge is -2.36.